The first-order chi connectivity index (χ1) is 17.3. The molecule has 2 atom stereocenters. The Bertz CT molecular complexity index is 1680. The fraction of sp³-hybridized carbons (Fsp3) is 0. The Kier molecular flexibility index (Phi) is 4.60. The van der Waals surface area contributed by atoms with Gasteiger partial charge in [0, 0.05) is 33.9 Å². The second kappa shape index (κ2) is 7.84. The molecule has 2 unspecified atom stereocenters. The van der Waals surface area contributed by atoms with Crippen LogP contribution in [0.15, 0.2) is 122 Å². The van der Waals surface area contributed by atoms with E-state index in [1.165, 1.54) is 21.1 Å². The van der Waals surface area contributed by atoms with Crippen molar-refractivity contribution in [3.8, 4) is 0 Å². The minimum atomic E-state index is -3.22. The van der Waals surface area contributed by atoms with Gasteiger partial charge in [-0.05, 0) is 40.2 Å². The molecule has 5 heteroatoms. The Morgan fingerprint density at radius 3 is 1.94 bits per heavy atom. The van der Waals surface area contributed by atoms with Crippen molar-refractivity contribution in [2.24, 2.45) is 0 Å². The monoisotopic (exact) mass is 484 g/mol. The third-order valence-corrected chi connectivity index (χ3v) is 13.5. The van der Waals surface area contributed by atoms with Gasteiger partial charge in [0.2, 0.25) is 0 Å². The van der Waals surface area contributed by atoms with Gasteiger partial charge in [0.15, 0.2) is 7.14 Å². The Hall–Kier alpha value is -3.85. The lowest BCUT2D eigenvalue weighted by molar-refractivity contribution is 0.592. The number of hydrogen-bond acceptors (Lipinski definition) is 3. The quantitative estimate of drug-likeness (QED) is 0.285. The highest BCUT2D eigenvalue weighted by Crippen LogP contribution is 2.50. The van der Waals surface area contributed by atoms with E-state index in [1.807, 2.05) is 67.0 Å². The van der Waals surface area contributed by atoms with Crippen LogP contribution in [-0.2, 0) is 4.57 Å². The average Bonchev–Trinajstić information content (AvgIpc) is 3.24. The van der Waals surface area contributed by atoms with Gasteiger partial charge in [0.05, 0.1) is 11.4 Å². The molecule has 2 aromatic heterocycles. The van der Waals surface area contributed by atoms with E-state index in [0.717, 1.165) is 32.9 Å². The lowest BCUT2D eigenvalue weighted by atomic mass is 10.0. The van der Waals surface area contributed by atoms with Crippen molar-refractivity contribution in [3.63, 3.8) is 0 Å². The first-order valence-electron chi connectivity index (χ1n) is 11.7. The average molecular weight is 485 g/mol. The third kappa shape index (κ3) is 2.87. The van der Waals surface area contributed by atoms with Crippen LogP contribution < -0.4 is 26.3 Å². The fourth-order valence-corrected chi connectivity index (χ4v) is 12.3. The van der Waals surface area contributed by atoms with Gasteiger partial charge in [0.1, 0.15) is 8.80 Å². The summed E-state index contributed by atoms with van der Waals surface area (Å²) in [5.74, 6) is 0. The van der Waals surface area contributed by atoms with Gasteiger partial charge >= 0.3 is 0 Å². The molecule has 0 N–H and O–H groups in total. The van der Waals surface area contributed by atoms with Crippen LogP contribution in [0, 0.1) is 0 Å². The van der Waals surface area contributed by atoms with E-state index in [2.05, 4.69) is 54.6 Å². The van der Waals surface area contributed by atoms with E-state index >= 15 is 4.57 Å². The number of nitrogens with zero attached hydrogens (tertiary/aromatic N) is 2. The molecule has 0 saturated carbocycles. The van der Waals surface area contributed by atoms with Crippen LogP contribution in [0.4, 0.5) is 0 Å². The van der Waals surface area contributed by atoms with Gasteiger partial charge in [-0.25, -0.2) is 0 Å². The highest BCUT2D eigenvalue weighted by atomic mass is 31.2. The minimum absolute atomic E-state index is 0.794. The number of pyridine rings is 2. The summed E-state index contributed by atoms with van der Waals surface area (Å²) in [6.45, 7) is 0. The Labute approximate surface area is 205 Å². The van der Waals surface area contributed by atoms with Crippen LogP contribution >= 0.6 is 7.14 Å². The lowest BCUT2D eigenvalue weighted by Crippen LogP contribution is -2.43. The summed E-state index contributed by atoms with van der Waals surface area (Å²) in [4.78, 5) is 9.88. The van der Waals surface area contributed by atoms with E-state index in [-0.39, 0.29) is 0 Å². The highest BCUT2D eigenvalue weighted by molar-refractivity contribution is 7.85. The van der Waals surface area contributed by atoms with Crippen molar-refractivity contribution in [1.29, 1.82) is 0 Å². The first-order valence-corrected chi connectivity index (χ1v) is 15.2. The molecule has 4 heterocycles. The molecule has 0 saturated heterocycles. The summed E-state index contributed by atoms with van der Waals surface area (Å²) in [5.41, 5.74) is 3.99. The van der Waals surface area contributed by atoms with Crippen LogP contribution in [0.5, 0.6) is 0 Å². The normalized spacial score (nSPS) is 19.8. The van der Waals surface area contributed by atoms with E-state index in [9.17, 15) is 0 Å². The largest absolute Gasteiger partial charge is 0.308 e. The standard InChI is InChI=1S/C30H21N2OPSi/c33-34(21-11-3-1-4-12-21)24-16-9-19-31-28(24)27-23-15-7-8-18-26(23)35(22-13-5-2-6-14-22)30(27)29-25(34)17-10-20-32-29/h1-20,35H. The SMILES string of the molecule is O=P1(c2ccccc2)c2cccnc2C2=C(c3ncccc31)[SiH](c1ccccc1)c1ccccc12. The second-order valence-corrected chi connectivity index (χ2v) is 14.3. The molecule has 0 amide bonds. The van der Waals surface area contributed by atoms with Crippen molar-refractivity contribution in [3.05, 3.63) is 139 Å². The molecular formula is C30H21N2OPSi. The molecule has 3 nitrogen and oxygen atoms in total. The molecule has 0 bridgehead atoms. The number of hydrogen-bond donors (Lipinski definition) is 0. The zero-order valence-electron chi connectivity index (χ0n) is 18.9. The summed E-state index contributed by atoms with van der Waals surface area (Å²) >= 11 is 0. The number of benzene rings is 3. The maximum atomic E-state index is 15.4. The number of rotatable bonds is 2. The zero-order valence-corrected chi connectivity index (χ0v) is 20.9. The fourth-order valence-electron chi connectivity index (χ4n) is 5.67. The van der Waals surface area contributed by atoms with Crippen molar-refractivity contribution >= 4 is 53.0 Å². The van der Waals surface area contributed by atoms with E-state index < -0.39 is 15.9 Å². The zero-order chi connectivity index (χ0) is 23.4. The third-order valence-electron chi connectivity index (χ3n) is 7.10. The number of fused-ring (bicyclic) bond motifs is 6. The summed E-state index contributed by atoms with van der Waals surface area (Å²) in [7, 11) is -5.11. The predicted molar refractivity (Wildman–Crippen MR) is 147 cm³/mol. The molecule has 5 aromatic rings. The summed E-state index contributed by atoms with van der Waals surface area (Å²) in [6.07, 6.45) is 3.66. The maximum Gasteiger partial charge on any atom is 0.175 e. The van der Waals surface area contributed by atoms with Gasteiger partial charge < -0.3 is 4.57 Å². The van der Waals surface area contributed by atoms with Gasteiger partial charge in [0.25, 0.3) is 0 Å². The molecule has 166 valence electrons. The molecule has 0 fully saturated rings. The molecule has 2 aliphatic heterocycles. The van der Waals surface area contributed by atoms with Gasteiger partial charge in [-0.15, -0.1) is 0 Å². The van der Waals surface area contributed by atoms with Crippen molar-refractivity contribution in [2.45, 2.75) is 0 Å². The van der Waals surface area contributed by atoms with Crippen LogP contribution in [-0.4, -0.2) is 18.8 Å². The van der Waals surface area contributed by atoms with Gasteiger partial charge in [-0.3, -0.25) is 9.97 Å². The lowest BCUT2D eigenvalue weighted by Gasteiger charge is -2.23. The molecular weight excluding hydrogens is 463 g/mol. The molecule has 0 aliphatic carbocycles. The maximum absolute atomic E-state index is 15.4. The molecule has 3 aromatic carbocycles. The molecule has 35 heavy (non-hydrogen) atoms. The van der Waals surface area contributed by atoms with Crippen molar-refractivity contribution < 1.29 is 4.57 Å². The highest BCUT2D eigenvalue weighted by Gasteiger charge is 2.45. The minimum Gasteiger partial charge on any atom is -0.308 e. The predicted octanol–water partition coefficient (Wildman–Crippen LogP) is 3.28. The molecule has 0 spiro atoms. The summed E-state index contributed by atoms with van der Waals surface area (Å²) < 4.78 is 15.4. The van der Waals surface area contributed by atoms with E-state index in [4.69, 9.17) is 9.97 Å². The Morgan fingerprint density at radius 2 is 1.20 bits per heavy atom. The molecule has 0 radical (unpaired) electrons. The van der Waals surface area contributed by atoms with Crippen molar-refractivity contribution in [2.75, 3.05) is 0 Å². The smallest absolute Gasteiger partial charge is 0.175 e. The summed E-state index contributed by atoms with van der Waals surface area (Å²) in [5, 5.41) is 6.34. The van der Waals surface area contributed by atoms with Gasteiger partial charge in [-0.1, -0.05) is 90.1 Å². The van der Waals surface area contributed by atoms with Crippen LogP contribution in [0.3, 0.4) is 0 Å². The van der Waals surface area contributed by atoms with Gasteiger partial charge in [-0.2, -0.15) is 0 Å². The van der Waals surface area contributed by atoms with E-state index in [1.54, 1.807) is 0 Å². The van der Waals surface area contributed by atoms with Crippen LogP contribution in [0.2, 0.25) is 0 Å². The second-order valence-electron chi connectivity index (χ2n) is 8.91. The van der Waals surface area contributed by atoms with Crippen LogP contribution in [0.1, 0.15) is 17.0 Å². The van der Waals surface area contributed by atoms with Crippen LogP contribution in [0.25, 0.3) is 10.8 Å². The Morgan fingerprint density at radius 1 is 0.600 bits per heavy atom. The molecule has 2 aliphatic rings. The van der Waals surface area contributed by atoms with Crippen molar-refractivity contribution in [1.82, 2.24) is 9.97 Å². The first kappa shape index (κ1) is 20.5. The molecule has 7 rings (SSSR count). The Balaban J connectivity index is 1.66. The summed E-state index contributed by atoms with van der Waals surface area (Å²) in [6, 6.07) is 37.1. The number of aromatic nitrogens is 2. The van der Waals surface area contributed by atoms with E-state index in [0.29, 0.717) is 0 Å². The topological polar surface area (TPSA) is 42.9 Å².